The van der Waals surface area contributed by atoms with Gasteiger partial charge >= 0.3 is 0 Å². The summed E-state index contributed by atoms with van der Waals surface area (Å²) >= 11 is 5.77. The van der Waals surface area contributed by atoms with Gasteiger partial charge in [0.1, 0.15) is 5.75 Å². The lowest BCUT2D eigenvalue weighted by Crippen LogP contribution is -2.41. The van der Waals surface area contributed by atoms with Crippen LogP contribution >= 0.6 is 11.6 Å². The zero-order valence-electron chi connectivity index (χ0n) is 13.0. The van der Waals surface area contributed by atoms with E-state index in [-0.39, 0.29) is 29.2 Å². The molecule has 0 fully saturated rings. The van der Waals surface area contributed by atoms with Gasteiger partial charge < -0.3 is 10.4 Å². The van der Waals surface area contributed by atoms with Crippen molar-refractivity contribution in [1.82, 2.24) is 10.7 Å². The fraction of sp³-hybridized carbons (Fsp3) is 0.400. The van der Waals surface area contributed by atoms with Crippen LogP contribution in [0.2, 0.25) is 5.02 Å². The minimum atomic E-state index is -0.601. The number of halogens is 1. The van der Waals surface area contributed by atoms with Gasteiger partial charge in [-0.1, -0.05) is 11.6 Å². The SMILES string of the molecule is C/C(CC(=O)NC(C)(C)C)=N\NC(=O)c1cc(Cl)ccc1O. The van der Waals surface area contributed by atoms with E-state index in [9.17, 15) is 14.7 Å². The topological polar surface area (TPSA) is 90.8 Å². The molecule has 0 atom stereocenters. The Labute approximate surface area is 134 Å². The van der Waals surface area contributed by atoms with Crippen LogP contribution in [0.5, 0.6) is 5.75 Å². The van der Waals surface area contributed by atoms with E-state index >= 15 is 0 Å². The quantitative estimate of drug-likeness (QED) is 0.586. The summed E-state index contributed by atoms with van der Waals surface area (Å²) in [5.74, 6) is -0.982. The highest BCUT2D eigenvalue weighted by Crippen LogP contribution is 2.21. The Balaban J connectivity index is 2.65. The third-order valence-corrected chi connectivity index (χ3v) is 2.72. The molecule has 0 aliphatic rings. The molecule has 1 aromatic carbocycles. The Bertz CT molecular complexity index is 607. The summed E-state index contributed by atoms with van der Waals surface area (Å²) in [6.45, 7) is 7.25. The lowest BCUT2D eigenvalue weighted by molar-refractivity contribution is -0.121. The van der Waals surface area contributed by atoms with Crippen molar-refractivity contribution in [3.8, 4) is 5.75 Å². The Morgan fingerprint density at radius 2 is 1.95 bits per heavy atom. The number of rotatable bonds is 4. The zero-order chi connectivity index (χ0) is 16.9. The summed E-state index contributed by atoms with van der Waals surface area (Å²) in [4.78, 5) is 23.6. The molecule has 0 heterocycles. The molecule has 0 unspecified atom stereocenters. The van der Waals surface area contributed by atoms with Crippen molar-refractivity contribution in [2.24, 2.45) is 5.10 Å². The second-order valence-corrected chi connectivity index (χ2v) is 6.36. The molecule has 0 bridgehead atoms. The van der Waals surface area contributed by atoms with Crippen LogP contribution in [-0.4, -0.2) is 28.2 Å². The van der Waals surface area contributed by atoms with Crippen LogP contribution in [-0.2, 0) is 4.79 Å². The Morgan fingerprint density at radius 1 is 1.32 bits per heavy atom. The van der Waals surface area contributed by atoms with Gasteiger partial charge in [-0.25, -0.2) is 5.43 Å². The van der Waals surface area contributed by atoms with E-state index in [1.54, 1.807) is 6.92 Å². The molecule has 0 aliphatic heterocycles. The molecular weight excluding hydrogens is 306 g/mol. The van der Waals surface area contributed by atoms with Crippen LogP contribution in [0.1, 0.15) is 44.5 Å². The number of hydrogen-bond donors (Lipinski definition) is 3. The highest BCUT2D eigenvalue weighted by atomic mass is 35.5. The van der Waals surface area contributed by atoms with E-state index in [2.05, 4.69) is 15.8 Å². The monoisotopic (exact) mass is 325 g/mol. The summed E-state index contributed by atoms with van der Waals surface area (Å²) in [5, 5.41) is 16.6. The summed E-state index contributed by atoms with van der Waals surface area (Å²) in [6.07, 6.45) is 0.0685. The molecule has 0 radical (unpaired) electrons. The van der Waals surface area contributed by atoms with Crippen molar-refractivity contribution in [3.63, 3.8) is 0 Å². The van der Waals surface area contributed by atoms with Gasteiger partial charge in [0.15, 0.2) is 0 Å². The number of benzene rings is 1. The molecule has 7 heteroatoms. The van der Waals surface area contributed by atoms with Crippen LogP contribution in [0, 0.1) is 0 Å². The van der Waals surface area contributed by atoms with Gasteiger partial charge in [-0.15, -0.1) is 0 Å². The number of aromatic hydroxyl groups is 1. The normalized spacial score (nSPS) is 12.0. The lowest BCUT2D eigenvalue weighted by atomic mass is 10.1. The first-order valence-corrected chi connectivity index (χ1v) is 7.09. The van der Waals surface area contributed by atoms with Gasteiger partial charge in [0, 0.05) is 16.3 Å². The number of phenols is 1. The minimum absolute atomic E-state index is 0.0168. The third-order valence-electron chi connectivity index (χ3n) is 2.48. The fourth-order valence-corrected chi connectivity index (χ4v) is 1.80. The van der Waals surface area contributed by atoms with Gasteiger partial charge in [-0.3, -0.25) is 9.59 Å². The van der Waals surface area contributed by atoms with Gasteiger partial charge in [0.05, 0.1) is 12.0 Å². The van der Waals surface area contributed by atoms with Crippen molar-refractivity contribution < 1.29 is 14.7 Å². The first kappa shape index (κ1) is 18.0. The molecule has 120 valence electrons. The maximum absolute atomic E-state index is 11.9. The minimum Gasteiger partial charge on any atom is -0.507 e. The average molecular weight is 326 g/mol. The maximum Gasteiger partial charge on any atom is 0.275 e. The number of hydrazone groups is 1. The van der Waals surface area contributed by atoms with Gasteiger partial charge in [0.25, 0.3) is 5.91 Å². The highest BCUT2D eigenvalue weighted by Gasteiger charge is 2.15. The molecule has 0 aromatic heterocycles. The molecule has 0 saturated carbocycles. The highest BCUT2D eigenvalue weighted by molar-refractivity contribution is 6.31. The number of carbonyl (C=O) groups is 2. The van der Waals surface area contributed by atoms with Crippen molar-refractivity contribution in [1.29, 1.82) is 0 Å². The molecule has 0 aliphatic carbocycles. The molecule has 1 aromatic rings. The van der Waals surface area contributed by atoms with Gasteiger partial charge in [-0.2, -0.15) is 5.10 Å². The van der Waals surface area contributed by atoms with Crippen molar-refractivity contribution in [2.45, 2.75) is 39.7 Å². The Hall–Kier alpha value is -2.08. The summed E-state index contributed by atoms with van der Waals surface area (Å²) in [6, 6.07) is 4.13. The first-order valence-electron chi connectivity index (χ1n) is 6.71. The molecule has 2 amide bonds. The Morgan fingerprint density at radius 3 is 2.55 bits per heavy atom. The van der Waals surface area contributed by atoms with Crippen molar-refractivity contribution in [2.75, 3.05) is 0 Å². The second kappa shape index (κ2) is 7.26. The molecule has 0 spiro atoms. The number of nitrogens with zero attached hydrogens (tertiary/aromatic N) is 1. The average Bonchev–Trinajstić information content (AvgIpc) is 2.36. The zero-order valence-corrected chi connectivity index (χ0v) is 13.8. The number of nitrogens with one attached hydrogen (secondary N) is 2. The predicted molar refractivity (Wildman–Crippen MR) is 86.2 cm³/mol. The van der Waals surface area contributed by atoms with E-state index in [1.807, 2.05) is 20.8 Å². The molecule has 3 N–H and O–H groups in total. The van der Waals surface area contributed by atoms with Crippen LogP contribution in [0.15, 0.2) is 23.3 Å². The van der Waals surface area contributed by atoms with Crippen molar-refractivity contribution in [3.05, 3.63) is 28.8 Å². The third kappa shape index (κ3) is 6.13. The summed E-state index contributed by atoms with van der Waals surface area (Å²) in [7, 11) is 0. The summed E-state index contributed by atoms with van der Waals surface area (Å²) in [5.41, 5.74) is 2.42. The van der Waals surface area contributed by atoms with E-state index in [0.717, 1.165) is 0 Å². The van der Waals surface area contributed by atoms with E-state index in [0.29, 0.717) is 10.7 Å². The second-order valence-electron chi connectivity index (χ2n) is 5.92. The van der Waals surface area contributed by atoms with Gasteiger partial charge in [0.2, 0.25) is 5.91 Å². The van der Waals surface area contributed by atoms with Crippen LogP contribution in [0.25, 0.3) is 0 Å². The maximum atomic E-state index is 11.9. The molecule has 1 rings (SSSR count). The van der Waals surface area contributed by atoms with E-state index in [4.69, 9.17) is 11.6 Å². The van der Waals surface area contributed by atoms with Crippen LogP contribution < -0.4 is 10.7 Å². The van der Waals surface area contributed by atoms with Crippen LogP contribution in [0.3, 0.4) is 0 Å². The molecular formula is C15H20ClN3O3. The largest absolute Gasteiger partial charge is 0.507 e. The smallest absolute Gasteiger partial charge is 0.275 e. The molecule has 6 nitrogen and oxygen atoms in total. The van der Waals surface area contributed by atoms with Gasteiger partial charge in [-0.05, 0) is 45.9 Å². The number of carbonyl (C=O) groups excluding carboxylic acids is 2. The number of phenolic OH excluding ortho intramolecular Hbond substituents is 1. The van der Waals surface area contributed by atoms with Crippen molar-refractivity contribution >= 4 is 29.1 Å². The van der Waals surface area contributed by atoms with Crippen LogP contribution in [0.4, 0.5) is 0 Å². The lowest BCUT2D eigenvalue weighted by Gasteiger charge is -2.20. The molecule has 22 heavy (non-hydrogen) atoms. The van der Waals surface area contributed by atoms with E-state index < -0.39 is 5.91 Å². The number of hydrogen-bond acceptors (Lipinski definition) is 4. The van der Waals surface area contributed by atoms with E-state index in [1.165, 1.54) is 18.2 Å². The summed E-state index contributed by atoms with van der Waals surface area (Å²) < 4.78 is 0. The standard InChI is InChI=1S/C15H20ClN3O3/c1-9(7-13(21)17-15(2,3)4)18-19-14(22)11-8-10(16)5-6-12(11)20/h5-6,8,20H,7H2,1-4H3,(H,17,21)(H,19,22)/b18-9+. The number of amides is 2. The Kier molecular flexibility index (Phi) is 5.93. The predicted octanol–water partition coefficient (Wildman–Crippen LogP) is 2.46. The fourth-order valence-electron chi connectivity index (χ4n) is 1.63. The molecule has 0 saturated heterocycles. The first-order chi connectivity index (χ1) is 10.1.